The first kappa shape index (κ1) is 18.5. The number of carbonyl (C=O) groups is 1. The van der Waals surface area contributed by atoms with Gasteiger partial charge in [0.2, 0.25) is 5.91 Å². The van der Waals surface area contributed by atoms with E-state index in [1.807, 2.05) is 6.92 Å². The summed E-state index contributed by atoms with van der Waals surface area (Å²) in [4.78, 5) is 12.5. The van der Waals surface area contributed by atoms with Crippen molar-refractivity contribution >= 4 is 37.4 Å². The zero-order valence-corrected chi connectivity index (χ0v) is 15.6. The van der Waals surface area contributed by atoms with Gasteiger partial charge in [-0.3, -0.25) is 9.48 Å². The van der Waals surface area contributed by atoms with Crippen LogP contribution in [0.1, 0.15) is 26.3 Å². The van der Waals surface area contributed by atoms with Gasteiger partial charge in [-0.2, -0.15) is 5.10 Å². The molecule has 24 heavy (non-hydrogen) atoms. The minimum Gasteiger partial charge on any atom is -0.506 e. The second-order valence-corrected chi connectivity index (χ2v) is 8.33. The summed E-state index contributed by atoms with van der Waals surface area (Å²) < 4.78 is 26.1. The topological polar surface area (TPSA) is 101 Å². The number of carbonyl (C=O) groups excluding carboxylic acids is 1. The molecule has 2 rings (SSSR count). The number of benzene rings is 1. The van der Waals surface area contributed by atoms with Crippen molar-refractivity contribution in [3.8, 4) is 5.75 Å². The average Bonchev–Trinajstić information content (AvgIpc) is 2.96. The molecule has 9 heteroatoms. The number of aromatic nitrogens is 2. The van der Waals surface area contributed by atoms with Crippen molar-refractivity contribution in [3.63, 3.8) is 0 Å². The largest absolute Gasteiger partial charge is 0.506 e. The molecule has 0 bridgehead atoms. The molecule has 0 aliphatic carbocycles. The summed E-state index contributed by atoms with van der Waals surface area (Å²) in [5.74, 6) is -0.659. The van der Waals surface area contributed by atoms with Gasteiger partial charge in [0.15, 0.2) is 9.84 Å². The van der Waals surface area contributed by atoms with E-state index < -0.39 is 21.8 Å². The molecule has 0 aliphatic rings. The number of amides is 1. The van der Waals surface area contributed by atoms with Gasteiger partial charge < -0.3 is 10.4 Å². The summed E-state index contributed by atoms with van der Waals surface area (Å²) in [5.41, 5.74) is 0.0548. The summed E-state index contributed by atoms with van der Waals surface area (Å²) in [6, 6.07) is 3.25. The van der Waals surface area contributed by atoms with E-state index >= 15 is 0 Å². The third-order valence-corrected chi connectivity index (χ3v) is 5.69. The van der Waals surface area contributed by atoms with Crippen LogP contribution in [0.15, 0.2) is 40.0 Å². The molecule has 0 radical (unpaired) electrons. The van der Waals surface area contributed by atoms with Crippen LogP contribution in [0.5, 0.6) is 5.75 Å². The van der Waals surface area contributed by atoms with Gasteiger partial charge in [0, 0.05) is 6.20 Å². The number of aromatic hydroxyl groups is 1. The van der Waals surface area contributed by atoms with Crippen molar-refractivity contribution in [3.05, 3.63) is 35.1 Å². The second kappa shape index (κ2) is 7.35. The molecule has 0 saturated carbocycles. The van der Waals surface area contributed by atoms with Crippen molar-refractivity contribution in [1.29, 1.82) is 0 Å². The second-order valence-electron chi connectivity index (χ2n) is 5.13. The van der Waals surface area contributed by atoms with E-state index in [-0.39, 0.29) is 22.1 Å². The van der Waals surface area contributed by atoms with Gasteiger partial charge in [-0.1, -0.05) is 13.8 Å². The third-order valence-electron chi connectivity index (χ3n) is 3.54. The van der Waals surface area contributed by atoms with Gasteiger partial charge >= 0.3 is 0 Å². The fourth-order valence-electron chi connectivity index (χ4n) is 2.17. The summed E-state index contributed by atoms with van der Waals surface area (Å²) in [5, 5.41) is 16.6. The first-order valence-electron chi connectivity index (χ1n) is 7.34. The highest BCUT2D eigenvalue weighted by Gasteiger charge is 2.21. The lowest BCUT2D eigenvalue weighted by Gasteiger charge is -2.16. The Hall–Kier alpha value is -1.87. The van der Waals surface area contributed by atoms with Crippen LogP contribution in [0.4, 0.5) is 5.69 Å². The van der Waals surface area contributed by atoms with Gasteiger partial charge in [-0.25, -0.2) is 8.42 Å². The predicted octanol–water partition coefficient (Wildman–Crippen LogP) is 2.73. The summed E-state index contributed by atoms with van der Waals surface area (Å²) in [6.45, 7) is 3.36. The maximum atomic E-state index is 12.5. The van der Waals surface area contributed by atoms with Crippen LogP contribution < -0.4 is 5.32 Å². The van der Waals surface area contributed by atoms with E-state index in [0.29, 0.717) is 6.42 Å². The number of phenols is 1. The van der Waals surface area contributed by atoms with Gasteiger partial charge in [-0.15, -0.1) is 0 Å². The first-order valence-corrected chi connectivity index (χ1v) is 9.79. The van der Waals surface area contributed by atoms with E-state index in [0.717, 1.165) is 4.47 Å². The van der Waals surface area contributed by atoms with E-state index in [4.69, 9.17) is 0 Å². The molecule has 1 atom stereocenters. The lowest BCUT2D eigenvalue weighted by molar-refractivity contribution is -0.119. The minimum atomic E-state index is -3.43. The molecule has 0 aliphatic heterocycles. The lowest BCUT2D eigenvalue weighted by Crippen LogP contribution is -2.26. The van der Waals surface area contributed by atoms with Crippen LogP contribution in [0.2, 0.25) is 0 Å². The molecular formula is C15H18BrN3O4S. The zero-order valence-electron chi connectivity index (χ0n) is 13.2. The van der Waals surface area contributed by atoms with Crippen LogP contribution in [0, 0.1) is 0 Å². The number of anilines is 1. The predicted molar refractivity (Wildman–Crippen MR) is 93.7 cm³/mol. The van der Waals surface area contributed by atoms with Crippen LogP contribution in [-0.4, -0.2) is 35.0 Å². The highest BCUT2D eigenvalue weighted by Crippen LogP contribution is 2.28. The molecule has 0 spiro atoms. The number of nitrogens with one attached hydrogen (secondary N) is 1. The smallest absolute Gasteiger partial charge is 0.249 e. The molecule has 1 heterocycles. The van der Waals surface area contributed by atoms with Gasteiger partial charge in [0.1, 0.15) is 11.8 Å². The number of hydrogen-bond acceptors (Lipinski definition) is 5. The summed E-state index contributed by atoms with van der Waals surface area (Å²) >= 11 is 3.27. The normalized spacial score (nSPS) is 12.8. The van der Waals surface area contributed by atoms with E-state index in [9.17, 15) is 18.3 Å². The van der Waals surface area contributed by atoms with Crippen molar-refractivity contribution in [2.45, 2.75) is 31.2 Å². The van der Waals surface area contributed by atoms with Crippen LogP contribution in [0.3, 0.4) is 0 Å². The molecule has 1 amide bonds. The molecule has 130 valence electrons. The van der Waals surface area contributed by atoms with Crippen LogP contribution in [0.25, 0.3) is 0 Å². The Labute approximate surface area is 148 Å². The molecule has 1 aromatic carbocycles. The molecule has 1 aromatic heterocycles. The Morgan fingerprint density at radius 3 is 2.67 bits per heavy atom. The molecule has 2 aromatic rings. The van der Waals surface area contributed by atoms with E-state index in [2.05, 4.69) is 26.3 Å². The number of sulfone groups is 1. The fourth-order valence-corrected chi connectivity index (χ4v) is 3.38. The SMILES string of the molecule is CCC(C(=O)Nc1cc(S(=O)(=O)CC)ccc1O)n1cc(Br)cn1. The number of phenolic OH excluding ortho intramolecular Hbond substituents is 1. The summed E-state index contributed by atoms with van der Waals surface area (Å²) in [6.07, 6.45) is 3.72. The Morgan fingerprint density at radius 2 is 2.12 bits per heavy atom. The van der Waals surface area contributed by atoms with Gasteiger partial charge in [0.25, 0.3) is 0 Å². The van der Waals surface area contributed by atoms with Crippen LogP contribution in [-0.2, 0) is 14.6 Å². The number of nitrogens with zero attached hydrogens (tertiary/aromatic N) is 2. The highest BCUT2D eigenvalue weighted by atomic mass is 79.9. The van der Waals surface area contributed by atoms with Crippen molar-refractivity contribution < 1.29 is 18.3 Å². The molecule has 0 fully saturated rings. The number of hydrogen-bond donors (Lipinski definition) is 2. The Kier molecular flexibility index (Phi) is 5.66. The molecular weight excluding hydrogens is 398 g/mol. The molecule has 0 saturated heterocycles. The molecule has 2 N–H and O–H groups in total. The zero-order chi connectivity index (χ0) is 17.9. The minimum absolute atomic E-state index is 0.0491. The van der Waals surface area contributed by atoms with E-state index in [1.54, 1.807) is 12.4 Å². The highest BCUT2D eigenvalue weighted by molar-refractivity contribution is 9.10. The van der Waals surface area contributed by atoms with Crippen LogP contribution >= 0.6 is 15.9 Å². The van der Waals surface area contributed by atoms with E-state index in [1.165, 1.54) is 29.8 Å². The van der Waals surface area contributed by atoms with Gasteiger partial charge in [-0.05, 0) is 40.5 Å². The van der Waals surface area contributed by atoms with Crippen molar-refractivity contribution in [2.24, 2.45) is 0 Å². The van der Waals surface area contributed by atoms with Gasteiger partial charge in [0.05, 0.1) is 27.0 Å². The molecule has 1 unspecified atom stereocenters. The Morgan fingerprint density at radius 1 is 1.42 bits per heavy atom. The fraction of sp³-hybridized carbons (Fsp3) is 0.333. The number of halogens is 1. The number of rotatable bonds is 6. The Bertz CT molecular complexity index is 848. The maximum absolute atomic E-state index is 12.5. The quantitative estimate of drug-likeness (QED) is 0.706. The van der Waals surface area contributed by atoms with Crippen molar-refractivity contribution in [1.82, 2.24) is 9.78 Å². The maximum Gasteiger partial charge on any atom is 0.249 e. The average molecular weight is 416 g/mol. The monoisotopic (exact) mass is 415 g/mol. The standard InChI is InChI=1S/C15H18BrN3O4S/c1-3-13(19-9-10(16)8-17-19)15(21)18-12-7-11(5-6-14(12)20)24(22,23)4-2/h5-9,13,20H,3-4H2,1-2H3,(H,18,21). The Balaban J connectivity index is 2.29. The molecule has 7 nitrogen and oxygen atoms in total. The third kappa shape index (κ3) is 3.96. The summed E-state index contributed by atoms with van der Waals surface area (Å²) in [7, 11) is -3.43. The van der Waals surface area contributed by atoms with Crippen molar-refractivity contribution in [2.75, 3.05) is 11.1 Å². The lowest BCUT2D eigenvalue weighted by atomic mass is 10.2. The first-order chi connectivity index (χ1) is 11.3.